The Hall–Kier alpha value is -0.0800. The first-order valence-corrected chi connectivity index (χ1v) is 8.19. The third-order valence-electron chi connectivity index (χ3n) is 5.17. The van der Waals surface area contributed by atoms with Crippen LogP contribution in [0, 0.1) is 5.92 Å². The maximum absolute atomic E-state index is 3.76. The van der Waals surface area contributed by atoms with Crippen LogP contribution >= 0.6 is 0 Å². The van der Waals surface area contributed by atoms with Gasteiger partial charge < -0.3 is 5.32 Å². The van der Waals surface area contributed by atoms with Gasteiger partial charge in [0.25, 0.3) is 0 Å². The van der Waals surface area contributed by atoms with Gasteiger partial charge >= 0.3 is 0 Å². The minimum Gasteiger partial charge on any atom is -0.313 e. The summed E-state index contributed by atoms with van der Waals surface area (Å²) in [4.78, 5) is 2.70. The molecule has 2 aliphatic rings. The molecule has 3 unspecified atom stereocenters. The van der Waals surface area contributed by atoms with Crippen LogP contribution in [-0.4, -0.2) is 36.6 Å². The van der Waals surface area contributed by atoms with E-state index in [9.17, 15) is 0 Å². The summed E-state index contributed by atoms with van der Waals surface area (Å²) in [6.45, 7) is 5.81. The molecule has 18 heavy (non-hydrogen) atoms. The van der Waals surface area contributed by atoms with E-state index in [1.54, 1.807) is 0 Å². The summed E-state index contributed by atoms with van der Waals surface area (Å²) in [5, 5.41) is 3.76. The summed E-state index contributed by atoms with van der Waals surface area (Å²) in [5.41, 5.74) is 0. The summed E-state index contributed by atoms with van der Waals surface area (Å²) in [5.74, 6) is 0.989. The second-order valence-corrected chi connectivity index (χ2v) is 6.47. The molecule has 0 amide bonds. The molecule has 0 spiro atoms. The van der Waals surface area contributed by atoms with Crippen LogP contribution in [0.2, 0.25) is 0 Å². The average Bonchev–Trinajstić information content (AvgIpc) is 3.15. The van der Waals surface area contributed by atoms with Crippen LogP contribution in [-0.2, 0) is 0 Å². The molecule has 2 saturated carbocycles. The van der Waals surface area contributed by atoms with Crippen molar-refractivity contribution in [3.05, 3.63) is 0 Å². The van der Waals surface area contributed by atoms with Gasteiger partial charge in [-0.05, 0) is 52.1 Å². The van der Waals surface area contributed by atoms with Crippen molar-refractivity contribution in [3.63, 3.8) is 0 Å². The third kappa shape index (κ3) is 3.71. The molecule has 0 bridgehead atoms. The highest BCUT2D eigenvalue weighted by atomic mass is 15.2. The van der Waals surface area contributed by atoms with Gasteiger partial charge in [0.15, 0.2) is 0 Å². The molecule has 2 rings (SSSR count). The van der Waals surface area contributed by atoms with Crippen LogP contribution in [0.1, 0.15) is 65.2 Å². The van der Waals surface area contributed by atoms with Crippen molar-refractivity contribution in [2.24, 2.45) is 5.92 Å². The van der Waals surface area contributed by atoms with E-state index in [2.05, 4.69) is 31.1 Å². The molecule has 0 aromatic heterocycles. The number of likely N-dealkylation sites (N-methyl/N-ethyl adjacent to an activating group) is 2. The van der Waals surface area contributed by atoms with E-state index in [4.69, 9.17) is 0 Å². The molecule has 106 valence electrons. The second-order valence-electron chi connectivity index (χ2n) is 6.47. The predicted molar refractivity (Wildman–Crippen MR) is 78.9 cm³/mol. The van der Waals surface area contributed by atoms with Crippen LogP contribution in [0.25, 0.3) is 0 Å². The lowest BCUT2D eigenvalue weighted by molar-refractivity contribution is 0.114. The molecule has 0 saturated heterocycles. The van der Waals surface area contributed by atoms with Crippen molar-refractivity contribution in [3.8, 4) is 0 Å². The lowest BCUT2D eigenvalue weighted by Gasteiger charge is -2.40. The Morgan fingerprint density at radius 3 is 2.33 bits per heavy atom. The van der Waals surface area contributed by atoms with Gasteiger partial charge in [-0.2, -0.15) is 0 Å². The van der Waals surface area contributed by atoms with Crippen LogP contribution in [0.3, 0.4) is 0 Å². The molecular weight excluding hydrogens is 220 g/mol. The quantitative estimate of drug-likeness (QED) is 0.806. The van der Waals surface area contributed by atoms with Gasteiger partial charge in [-0.3, -0.25) is 4.90 Å². The second kappa shape index (κ2) is 6.91. The van der Waals surface area contributed by atoms with E-state index >= 15 is 0 Å². The summed E-state index contributed by atoms with van der Waals surface area (Å²) in [6.07, 6.45) is 11.4. The first kappa shape index (κ1) is 14.3. The molecule has 0 aromatic carbocycles. The minimum absolute atomic E-state index is 0.724. The van der Waals surface area contributed by atoms with Gasteiger partial charge in [0, 0.05) is 18.1 Å². The number of nitrogens with one attached hydrogen (secondary N) is 1. The van der Waals surface area contributed by atoms with E-state index < -0.39 is 0 Å². The molecule has 0 aliphatic heterocycles. The Labute approximate surface area is 114 Å². The van der Waals surface area contributed by atoms with E-state index in [0.29, 0.717) is 0 Å². The van der Waals surface area contributed by atoms with Crippen LogP contribution in [0.4, 0.5) is 0 Å². The van der Waals surface area contributed by atoms with E-state index in [1.165, 1.54) is 51.4 Å². The highest BCUT2D eigenvalue weighted by molar-refractivity contribution is 4.91. The third-order valence-corrected chi connectivity index (χ3v) is 5.17. The first-order valence-electron chi connectivity index (χ1n) is 8.19. The van der Waals surface area contributed by atoms with Crippen molar-refractivity contribution in [1.82, 2.24) is 10.2 Å². The fraction of sp³-hybridized carbons (Fsp3) is 1.00. The smallest absolute Gasteiger partial charge is 0.0249 e. The van der Waals surface area contributed by atoms with E-state index in [1.807, 2.05) is 0 Å². The van der Waals surface area contributed by atoms with Crippen molar-refractivity contribution >= 4 is 0 Å². The van der Waals surface area contributed by atoms with Crippen LogP contribution in [0.5, 0.6) is 0 Å². The van der Waals surface area contributed by atoms with Crippen molar-refractivity contribution in [2.45, 2.75) is 83.3 Å². The standard InChI is InChI=1S/C16H32N2/c1-4-17-15-9-7-5-6-8-10-16(15)18(3)13(2)14-11-12-14/h13-17H,4-12H2,1-3H3. The highest BCUT2D eigenvalue weighted by Gasteiger charge is 2.35. The van der Waals surface area contributed by atoms with Crippen LogP contribution < -0.4 is 5.32 Å². The molecular formula is C16H32N2. The van der Waals surface area contributed by atoms with Gasteiger partial charge in [-0.1, -0.05) is 32.6 Å². The Morgan fingerprint density at radius 2 is 1.72 bits per heavy atom. The lowest BCUT2D eigenvalue weighted by Crippen LogP contribution is -2.52. The van der Waals surface area contributed by atoms with Gasteiger partial charge in [-0.15, -0.1) is 0 Å². The largest absolute Gasteiger partial charge is 0.313 e. The van der Waals surface area contributed by atoms with Crippen molar-refractivity contribution in [2.75, 3.05) is 13.6 Å². The predicted octanol–water partition coefficient (Wildman–Crippen LogP) is 3.42. The topological polar surface area (TPSA) is 15.3 Å². The zero-order valence-electron chi connectivity index (χ0n) is 12.6. The zero-order valence-corrected chi connectivity index (χ0v) is 12.6. The van der Waals surface area contributed by atoms with Gasteiger partial charge in [0.05, 0.1) is 0 Å². The summed E-state index contributed by atoms with van der Waals surface area (Å²) in [6, 6.07) is 2.28. The normalized spacial score (nSPS) is 32.0. The Kier molecular flexibility index (Phi) is 5.50. The van der Waals surface area contributed by atoms with Crippen molar-refractivity contribution in [1.29, 1.82) is 0 Å². The molecule has 2 aliphatic carbocycles. The number of nitrogens with zero attached hydrogens (tertiary/aromatic N) is 1. The number of hydrogen-bond donors (Lipinski definition) is 1. The number of hydrogen-bond acceptors (Lipinski definition) is 2. The van der Waals surface area contributed by atoms with Gasteiger partial charge in [0.2, 0.25) is 0 Å². The average molecular weight is 252 g/mol. The molecule has 0 aromatic rings. The highest BCUT2D eigenvalue weighted by Crippen LogP contribution is 2.36. The fourth-order valence-corrected chi connectivity index (χ4v) is 3.67. The summed E-state index contributed by atoms with van der Waals surface area (Å²) < 4.78 is 0. The Bertz CT molecular complexity index is 235. The molecule has 0 heterocycles. The fourth-order valence-electron chi connectivity index (χ4n) is 3.67. The number of rotatable bonds is 5. The molecule has 2 fully saturated rings. The van der Waals surface area contributed by atoms with Gasteiger partial charge in [0.1, 0.15) is 0 Å². The SMILES string of the molecule is CCNC1CCCCCCC1N(C)C(C)C1CC1. The maximum atomic E-state index is 3.76. The summed E-state index contributed by atoms with van der Waals surface area (Å²) in [7, 11) is 2.37. The lowest BCUT2D eigenvalue weighted by atomic mass is 9.90. The molecule has 3 atom stereocenters. The molecule has 0 radical (unpaired) electrons. The zero-order chi connectivity index (χ0) is 13.0. The molecule has 1 N–H and O–H groups in total. The van der Waals surface area contributed by atoms with Gasteiger partial charge in [-0.25, -0.2) is 0 Å². The summed E-state index contributed by atoms with van der Waals surface area (Å²) >= 11 is 0. The van der Waals surface area contributed by atoms with E-state index in [-0.39, 0.29) is 0 Å². The molecule has 2 nitrogen and oxygen atoms in total. The molecule has 2 heteroatoms. The Balaban J connectivity index is 1.97. The van der Waals surface area contributed by atoms with Crippen molar-refractivity contribution < 1.29 is 0 Å². The monoisotopic (exact) mass is 252 g/mol. The van der Waals surface area contributed by atoms with Crippen LogP contribution in [0.15, 0.2) is 0 Å². The first-order chi connectivity index (χ1) is 8.74. The Morgan fingerprint density at radius 1 is 1.06 bits per heavy atom. The van der Waals surface area contributed by atoms with E-state index in [0.717, 1.165) is 30.6 Å². The minimum atomic E-state index is 0.724. The maximum Gasteiger partial charge on any atom is 0.0249 e.